The van der Waals surface area contributed by atoms with Crippen LogP contribution in [0.4, 0.5) is 0 Å². The number of aryl methyl sites for hydroxylation is 2. The second kappa shape index (κ2) is 12.7. The summed E-state index contributed by atoms with van der Waals surface area (Å²) >= 11 is 0. The van der Waals surface area contributed by atoms with E-state index in [1.54, 1.807) is 38.1 Å². The molecule has 4 N–H and O–H groups in total. The number of phenolic OH excluding ortho intramolecular Hbond substituents is 2. The normalized spacial score (nSPS) is 9.94. The quantitative estimate of drug-likeness (QED) is 0.210. The minimum Gasteiger partial charge on any atom is -0.871 e. The van der Waals surface area contributed by atoms with Gasteiger partial charge in [-0.1, -0.05) is 47.9 Å². The third kappa shape index (κ3) is 6.14. The summed E-state index contributed by atoms with van der Waals surface area (Å²) in [5.74, 6) is -4.14. The Labute approximate surface area is 279 Å². The van der Waals surface area contributed by atoms with Gasteiger partial charge in [-0.05, 0) is 47.9 Å². The monoisotopic (exact) mass is 512 g/mol. The molecular formula is C24H18K2O8. The topological polar surface area (TPSA) is 161 Å². The molecule has 0 aliphatic heterocycles. The number of hydrogen-bond donors (Lipinski definition) is 4. The van der Waals surface area contributed by atoms with Crippen LogP contribution in [0.5, 0.6) is 23.0 Å². The average molecular weight is 513 g/mol. The number of carbonyl (C=O) groups is 2. The van der Waals surface area contributed by atoms with Crippen LogP contribution in [0.15, 0.2) is 48.5 Å². The Morgan fingerprint density at radius 2 is 1.00 bits per heavy atom. The molecule has 0 aliphatic rings. The van der Waals surface area contributed by atoms with Crippen molar-refractivity contribution in [2.45, 2.75) is 13.8 Å². The van der Waals surface area contributed by atoms with Crippen molar-refractivity contribution in [3.63, 3.8) is 0 Å². The summed E-state index contributed by atoms with van der Waals surface area (Å²) in [5, 5.41) is 61.9. The Bertz CT molecular complexity index is 1290. The summed E-state index contributed by atoms with van der Waals surface area (Å²) in [5.41, 5.74) is 0.666. The van der Waals surface area contributed by atoms with E-state index in [0.29, 0.717) is 10.8 Å². The average Bonchev–Trinajstić information content (AvgIpc) is 2.73. The Morgan fingerprint density at radius 3 is 1.29 bits per heavy atom. The van der Waals surface area contributed by atoms with E-state index < -0.39 is 34.6 Å². The van der Waals surface area contributed by atoms with Gasteiger partial charge in [0.05, 0.1) is 11.1 Å². The maximum Gasteiger partial charge on any atom is 1.00 e. The zero-order valence-electron chi connectivity index (χ0n) is 19.0. The molecule has 0 aliphatic carbocycles. The maximum absolute atomic E-state index is 11.8. The molecule has 0 atom stereocenters. The smallest absolute Gasteiger partial charge is 0.871 e. The van der Waals surface area contributed by atoms with Crippen molar-refractivity contribution in [1.82, 2.24) is 0 Å². The first-order chi connectivity index (χ1) is 15.0. The van der Waals surface area contributed by atoms with Crippen LogP contribution in [0.1, 0.15) is 31.8 Å². The fourth-order valence-electron chi connectivity index (χ4n) is 3.55. The second-order valence-corrected chi connectivity index (χ2v) is 7.15. The molecule has 0 saturated heterocycles. The van der Waals surface area contributed by atoms with E-state index in [-0.39, 0.29) is 125 Å². The molecule has 0 saturated carbocycles. The molecular weight excluding hydrogens is 494 g/mol. The summed E-state index contributed by atoms with van der Waals surface area (Å²) < 4.78 is 0. The number of benzene rings is 4. The molecule has 0 amide bonds. The van der Waals surface area contributed by atoms with Crippen LogP contribution < -0.4 is 113 Å². The van der Waals surface area contributed by atoms with E-state index in [0.717, 1.165) is 23.3 Å². The second-order valence-electron chi connectivity index (χ2n) is 7.15. The minimum atomic E-state index is -1.33. The number of carboxylic acid groups (broad SMARTS) is 2. The Kier molecular flexibility index (Phi) is 11.5. The van der Waals surface area contributed by atoms with Gasteiger partial charge in [-0.25, -0.2) is 9.59 Å². The molecule has 0 heterocycles. The van der Waals surface area contributed by atoms with Gasteiger partial charge in [-0.3, -0.25) is 0 Å². The predicted octanol–water partition coefficient (Wildman–Crippen LogP) is -2.74. The van der Waals surface area contributed by atoms with Crippen LogP contribution in [0.3, 0.4) is 0 Å². The van der Waals surface area contributed by atoms with Gasteiger partial charge in [0.25, 0.3) is 0 Å². The van der Waals surface area contributed by atoms with E-state index in [1.807, 2.05) is 0 Å². The van der Waals surface area contributed by atoms with Crippen molar-refractivity contribution in [3.05, 3.63) is 70.8 Å². The molecule has 10 heteroatoms. The van der Waals surface area contributed by atoms with Gasteiger partial charge in [0.15, 0.2) is 0 Å². The first kappa shape index (κ1) is 30.8. The standard InChI is InChI=1S/2C12H10O4.2K/c2*1-6-3-2-4-7-10(6)9(13)5-8(11(7)14)12(15)16;;/h2*2-5,13-14H,1H3,(H,15,16);;/q;;2*+1/p-2. The van der Waals surface area contributed by atoms with Crippen molar-refractivity contribution in [2.24, 2.45) is 0 Å². The number of fused-ring (bicyclic) bond motifs is 2. The van der Waals surface area contributed by atoms with E-state index in [9.17, 15) is 30.0 Å². The Hall–Kier alpha value is -1.19. The minimum absolute atomic E-state index is 0. The van der Waals surface area contributed by atoms with Crippen LogP contribution in [0.25, 0.3) is 21.5 Å². The van der Waals surface area contributed by atoms with E-state index in [1.165, 1.54) is 12.1 Å². The fraction of sp³-hybridized carbons (Fsp3) is 0.0833. The van der Waals surface area contributed by atoms with Crippen molar-refractivity contribution in [3.8, 4) is 23.0 Å². The van der Waals surface area contributed by atoms with Gasteiger partial charge >= 0.3 is 115 Å². The fourth-order valence-corrected chi connectivity index (χ4v) is 3.55. The molecule has 0 spiro atoms. The van der Waals surface area contributed by atoms with Crippen molar-refractivity contribution < 1.29 is 143 Å². The predicted molar refractivity (Wildman–Crippen MR) is 114 cm³/mol. The zero-order valence-corrected chi connectivity index (χ0v) is 25.3. The number of rotatable bonds is 2. The molecule has 0 fully saturated rings. The number of aromatic carboxylic acids is 2. The summed E-state index contributed by atoms with van der Waals surface area (Å²) in [4.78, 5) is 21.6. The first-order valence-corrected chi connectivity index (χ1v) is 9.35. The Morgan fingerprint density at radius 1 is 0.676 bits per heavy atom. The van der Waals surface area contributed by atoms with Crippen molar-refractivity contribution >= 4 is 33.5 Å². The van der Waals surface area contributed by atoms with Gasteiger partial charge in [0.2, 0.25) is 0 Å². The molecule has 8 nitrogen and oxygen atoms in total. The van der Waals surface area contributed by atoms with Crippen LogP contribution in [-0.4, -0.2) is 32.4 Å². The number of hydrogen-bond acceptors (Lipinski definition) is 6. The molecule has 4 aromatic carbocycles. The SMILES string of the molecule is Cc1cccc2c([O-])c(C(=O)O)cc(O)c12.Cc1cccc2c([O-])c(C(=O)O)cc(O)c12.[K+].[K+]. The van der Waals surface area contributed by atoms with E-state index in [4.69, 9.17) is 10.2 Å². The molecule has 34 heavy (non-hydrogen) atoms. The Balaban J connectivity index is 0.000000321. The zero-order chi connectivity index (χ0) is 23.7. The summed E-state index contributed by atoms with van der Waals surface area (Å²) in [6, 6.07) is 11.8. The van der Waals surface area contributed by atoms with Crippen LogP contribution >= 0.6 is 0 Å². The first-order valence-electron chi connectivity index (χ1n) is 9.35. The molecule has 0 bridgehead atoms. The summed E-state index contributed by atoms with van der Waals surface area (Å²) in [6.07, 6.45) is 0. The third-order valence-corrected chi connectivity index (χ3v) is 5.06. The number of aromatic hydroxyl groups is 2. The van der Waals surface area contributed by atoms with Crippen LogP contribution in [0.2, 0.25) is 0 Å². The van der Waals surface area contributed by atoms with Gasteiger partial charge in [0, 0.05) is 10.8 Å². The van der Waals surface area contributed by atoms with Crippen molar-refractivity contribution in [1.29, 1.82) is 0 Å². The largest absolute Gasteiger partial charge is 1.00 e. The van der Waals surface area contributed by atoms with Crippen molar-refractivity contribution in [2.75, 3.05) is 0 Å². The summed E-state index contributed by atoms with van der Waals surface area (Å²) in [7, 11) is 0. The van der Waals surface area contributed by atoms with Gasteiger partial charge in [0.1, 0.15) is 11.5 Å². The molecule has 164 valence electrons. The van der Waals surface area contributed by atoms with Gasteiger partial charge in [-0.15, -0.1) is 0 Å². The molecule has 4 rings (SSSR count). The molecule has 0 radical (unpaired) electrons. The van der Waals surface area contributed by atoms with E-state index in [2.05, 4.69) is 0 Å². The van der Waals surface area contributed by atoms with E-state index >= 15 is 0 Å². The summed E-state index contributed by atoms with van der Waals surface area (Å²) in [6.45, 7) is 3.50. The van der Waals surface area contributed by atoms with Gasteiger partial charge in [-0.2, -0.15) is 0 Å². The number of phenols is 2. The molecule has 0 aromatic heterocycles. The van der Waals surface area contributed by atoms with Gasteiger partial charge < -0.3 is 30.6 Å². The molecule has 4 aromatic rings. The molecule has 0 unspecified atom stereocenters. The number of carboxylic acids is 2. The third-order valence-electron chi connectivity index (χ3n) is 5.06. The maximum atomic E-state index is 11.8. The van der Waals surface area contributed by atoms with Crippen LogP contribution in [-0.2, 0) is 0 Å². The van der Waals surface area contributed by atoms with Crippen LogP contribution in [0, 0.1) is 13.8 Å².